The second-order valence-corrected chi connectivity index (χ2v) is 13.9. The Morgan fingerprint density at radius 2 is 0.773 bits per heavy atom. The van der Waals surface area contributed by atoms with E-state index >= 15 is 0 Å². The van der Waals surface area contributed by atoms with Crippen molar-refractivity contribution in [3.05, 3.63) is 89.5 Å². The Balaban J connectivity index is 0.000000560. The van der Waals surface area contributed by atoms with Crippen molar-refractivity contribution in [3.8, 4) is 0 Å². The normalized spacial score (nSPS) is 11.9. The molecule has 44 heavy (non-hydrogen) atoms. The summed E-state index contributed by atoms with van der Waals surface area (Å²) in [6.07, 6.45) is 3.93. The van der Waals surface area contributed by atoms with Gasteiger partial charge in [0, 0.05) is 6.61 Å². The second kappa shape index (κ2) is 20.3. The van der Waals surface area contributed by atoms with Crippen molar-refractivity contribution in [1.82, 2.24) is 0 Å². The summed E-state index contributed by atoms with van der Waals surface area (Å²) in [6.45, 7) is 5.64. The van der Waals surface area contributed by atoms with Crippen molar-refractivity contribution in [2.24, 2.45) is 0 Å². The van der Waals surface area contributed by atoms with Crippen molar-refractivity contribution in [3.63, 3.8) is 0 Å². The van der Waals surface area contributed by atoms with Gasteiger partial charge < -0.3 is 15.3 Å². The fourth-order valence-corrected chi connectivity index (χ4v) is 4.51. The standard InChI is InChI=1S/C8H18O3.3C7H8O3S/c9-6-4-2-1-3-5-8(11)7-10;3*1-6-2-4-7(5-3-6)11(8,9)10/h8-11H,1-7H2;3*2-5H,1H3,(H,8,9,10). The molecule has 0 amide bonds. The summed E-state index contributed by atoms with van der Waals surface area (Å²) in [5.74, 6) is 0. The van der Waals surface area contributed by atoms with Gasteiger partial charge in [-0.05, 0) is 70.0 Å². The molecular formula is C29H42O12S3. The Hall–Kier alpha value is -2.73. The number of hydrogen-bond acceptors (Lipinski definition) is 9. The lowest BCUT2D eigenvalue weighted by Crippen LogP contribution is -2.10. The van der Waals surface area contributed by atoms with Gasteiger partial charge in [-0.1, -0.05) is 72.4 Å². The quantitative estimate of drug-likeness (QED) is 0.132. The van der Waals surface area contributed by atoms with Crippen molar-refractivity contribution in [2.45, 2.75) is 73.7 Å². The number of rotatable bonds is 10. The van der Waals surface area contributed by atoms with Gasteiger partial charge in [0.1, 0.15) is 0 Å². The van der Waals surface area contributed by atoms with Crippen LogP contribution in [0.1, 0.15) is 48.8 Å². The van der Waals surface area contributed by atoms with Crippen molar-refractivity contribution < 1.29 is 54.2 Å². The summed E-state index contributed by atoms with van der Waals surface area (Å²) in [4.78, 5) is -0.200. The van der Waals surface area contributed by atoms with Gasteiger partial charge in [-0.15, -0.1) is 0 Å². The predicted molar refractivity (Wildman–Crippen MR) is 166 cm³/mol. The van der Waals surface area contributed by atoms with Crippen LogP contribution in [0, 0.1) is 20.8 Å². The molecule has 12 nitrogen and oxygen atoms in total. The fourth-order valence-electron chi connectivity index (χ4n) is 3.07. The molecule has 0 spiro atoms. The first-order valence-electron chi connectivity index (χ1n) is 13.3. The van der Waals surface area contributed by atoms with Crippen LogP contribution >= 0.6 is 0 Å². The predicted octanol–water partition coefficient (Wildman–Crippen LogP) is 4.01. The van der Waals surface area contributed by atoms with Crippen molar-refractivity contribution in [1.29, 1.82) is 0 Å². The maximum Gasteiger partial charge on any atom is 0.294 e. The van der Waals surface area contributed by atoms with Crippen LogP contribution in [-0.2, 0) is 30.4 Å². The van der Waals surface area contributed by atoms with E-state index in [9.17, 15) is 25.3 Å². The molecule has 3 aromatic rings. The second-order valence-electron chi connectivity index (χ2n) is 9.63. The molecule has 0 saturated carbocycles. The Morgan fingerprint density at radius 1 is 0.500 bits per heavy atom. The average Bonchev–Trinajstić information content (AvgIpc) is 2.93. The van der Waals surface area contributed by atoms with Crippen molar-refractivity contribution >= 4 is 30.4 Å². The molecule has 1 unspecified atom stereocenters. The first kappa shape index (κ1) is 41.3. The molecule has 0 aliphatic rings. The Kier molecular flexibility index (Phi) is 19.1. The minimum Gasteiger partial charge on any atom is -0.396 e. The molecule has 3 rings (SSSR count). The highest BCUT2D eigenvalue weighted by molar-refractivity contribution is 7.86. The monoisotopic (exact) mass is 678 g/mol. The highest BCUT2D eigenvalue weighted by Crippen LogP contribution is 2.10. The number of aliphatic hydroxyl groups is 3. The fraction of sp³-hybridized carbons (Fsp3) is 0.379. The molecule has 0 heterocycles. The number of hydrogen-bond donors (Lipinski definition) is 6. The molecule has 0 fully saturated rings. The van der Waals surface area contributed by atoms with E-state index < -0.39 is 36.5 Å². The number of aliphatic hydroxyl groups excluding tert-OH is 3. The highest BCUT2D eigenvalue weighted by Gasteiger charge is 2.08. The van der Waals surface area contributed by atoms with Crippen LogP contribution in [0.3, 0.4) is 0 Å². The Bertz CT molecular complexity index is 1360. The zero-order chi connectivity index (χ0) is 34.0. The topological polar surface area (TPSA) is 224 Å². The summed E-state index contributed by atoms with van der Waals surface area (Å²) >= 11 is 0. The van der Waals surface area contributed by atoms with E-state index in [1.165, 1.54) is 36.4 Å². The van der Waals surface area contributed by atoms with Gasteiger partial charge in [-0.3, -0.25) is 13.7 Å². The lowest BCUT2D eigenvalue weighted by Gasteiger charge is -2.05. The number of benzene rings is 3. The molecule has 15 heteroatoms. The molecular weight excluding hydrogens is 637 g/mol. The largest absolute Gasteiger partial charge is 0.396 e. The van der Waals surface area contributed by atoms with E-state index in [0.717, 1.165) is 42.4 Å². The minimum atomic E-state index is -4.02. The van der Waals surface area contributed by atoms with Crippen LogP contribution in [0.15, 0.2) is 87.5 Å². The summed E-state index contributed by atoms with van der Waals surface area (Å²) in [5, 5.41) is 25.8. The zero-order valence-electron chi connectivity index (χ0n) is 24.8. The lowest BCUT2D eigenvalue weighted by molar-refractivity contribution is 0.0859. The van der Waals surface area contributed by atoms with Crippen LogP contribution in [0.2, 0.25) is 0 Å². The summed E-state index contributed by atoms with van der Waals surface area (Å²) in [7, 11) is -12.1. The SMILES string of the molecule is Cc1ccc(S(=O)(=O)O)cc1.Cc1ccc(S(=O)(=O)O)cc1.Cc1ccc(S(=O)(=O)O)cc1.OCCCCCCC(O)CO. The van der Waals surface area contributed by atoms with Gasteiger partial charge >= 0.3 is 0 Å². The molecule has 0 aromatic heterocycles. The number of unbranched alkanes of at least 4 members (excludes halogenated alkanes) is 3. The Labute approximate surface area is 260 Å². The van der Waals surface area contributed by atoms with Crippen LogP contribution in [-0.4, -0.2) is 73.5 Å². The third kappa shape index (κ3) is 19.5. The van der Waals surface area contributed by atoms with Gasteiger partial charge in [-0.25, -0.2) is 0 Å². The van der Waals surface area contributed by atoms with E-state index in [0.29, 0.717) is 6.42 Å². The van der Waals surface area contributed by atoms with E-state index in [1.54, 1.807) is 36.4 Å². The van der Waals surface area contributed by atoms with Gasteiger partial charge in [0.2, 0.25) is 0 Å². The smallest absolute Gasteiger partial charge is 0.294 e. The van der Waals surface area contributed by atoms with Crippen LogP contribution < -0.4 is 0 Å². The van der Waals surface area contributed by atoms with E-state index in [1.807, 2.05) is 20.8 Å². The summed E-state index contributed by atoms with van der Waals surface area (Å²) in [6, 6.07) is 18.0. The van der Waals surface area contributed by atoms with E-state index in [4.69, 9.17) is 29.0 Å². The highest BCUT2D eigenvalue weighted by atomic mass is 32.2. The molecule has 0 aliphatic carbocycles. The van der Waals surface area contributed by atoms with E-state index in [-0.39, 0.29) is 27.9 Å². The molecule has 1 atom stereocenters. The van der Waals surface area contributed by atoms with Gasteiger partial charge in [0.05, 0.1) is 27.4 Å². The summed E-state index contributed by atoms with van der Waals surface area (Å²) < 4.78 is 88.7. The molecule has 0 bridgehead atoms. The number of aryl methyl sites for hydroxylation is 3. The van der Waals surface area contributed by atoms with Crippen LogP contribution in [0.4, 0.5) is 0 Å². The first-order chi connectivity index (χ1) is 20.3. The molecule has 248 valence electrons. The van der Waals surface area contributed by atoms with Crippen molar-refractivity contribution in [2.75, 3.05) is 13.2 Å². The molecule has 0 saturated heterocycles. The molecule has 0 radical (unpaired) electrons. The summed E-state index contributed by atoms with van der Waals surface area (Å²) in [5.41, 5.74) is 2.87. The molecule has 6 N–H and O–H groups in total. The maximum atomic E-state index is 10.5. The van der Waals surface area contributed by atoms with Crippen LogP contribution in [0.5, 0.6) is 0 Å². The third-order valence-electron chi connectivity index (χ3n) is 5.61. The minimum absolute atomic E-state index is 0.0666. The zero-order valence-corrected chi connectivity index (χ0v) is 27.3. The van der Waals surface area contributed by atoms with E-state index in [2.05, 4.69) is 0 Å². The molecule has 3 aromatic carbocycles. The third-order valence-corrected chi connectivity index (χ3v) is 8.22. The van der Waals surface area contributed by atoms with Gasteiger partial charge in [-0.2, -0.15) is 25.3 Å². The lowest BCUT2D eigenvalue weighted by atomic mass is 10.1. The Morgan fingerprint density at radius 3 is 1.00 bits per heavy atom. The molecule has 0 aliphatic heterocycles. The average molecular weight is 679 g/mol. The maximum absolute atomic E-state index is 10.5. The van der Waals surface area contributed by atoms with Gasteiger partial charge in [0.25, 0.3) is 30.4 Å². The first-order valence-corrected chi connectivity index (χ1v) is 17.7. The van der Waals surface area contributed by atoms with Gasteiger partial charge in [0.15, 0.2) is 0 Å². The van der Waals surface area contributed by atoms with Crippen LogP contribution in [0.25, 0.3) is 0 Å².